The molecule has 1 aliphatic carbocycles. The Hall–Kier alpha value is -0.830. The van der Waals surface area contributed by atoms with Gasteiger partial charge in [-0.15, -0.1) is 0 Å². The summed E-state index contributed by atoms with van der Waals surface area (Å²) in [5, 5.41) is 3.36. The predicted molar refractivity (Wildman–Crippen MR) is 62.7 cm³/mol. The molecule has 1 N–H and O–H groups in total. The fraction of sp³-hybridized carbons (Fsp3) is 0.750. The highest BCUT2D eigenvalue weighted by Gasteiger charge is 2.19. The van der Waals surface area contributed by atoms with E-state index in [1.165, 1.54) is 12.8 Å². The average Bonchev–Trinajstić information content (AvgIpc) is 2.28. The Labute approximate surface area is 92.5 Å². The van der Waals surface area contributed by atoms with E-state index < -0.39 is 0 Å². The van der Waals surface area contributed by atoms with Crippen molar-refractivity contribution in [3.8, 4) is 0 Å². The second-order valence-corrected chi connectivity index (χ2v) is 4.21. The summed E-state index contributed by atoms with van der Waals surface area (Å²) in [5.74, 6) is 0.177. The molecule has 0 aliphatic heterocycles. The fourth-order valence-electron chi connectivity index (χ4n) is 1.83. The van der Waals surface area contributed by atoms with Crippen molar-refractivity contribution in [2.75, 3.05) is 13.6 Å². The molecular formula is C12H22N2O. The lowest BCUT2D eigenvalue weighted by atomic mass is 10.0. The van der Waals surface area contributed by atoms with Gasteiger partial charge >= 0.3 is 0 Å². The van der Waals surface area contributed by atoms with Gasteiger partial charge < -0.3 is 4.90 Å². The number of hydrogen-bond donors (Lipinski definition) is 1. The Kier molecular flexibility index (Phi) is 4.82. The second-order valence-electron chi connectivity index (χ2n) is 4.21. The van der Waals surface area contributed by atoms with Crippen LogP contribution in [0.4, 0.5) is 0 Å². The highest BCUT2D eigenvalue weighted by atomic mass is 16.2. The van der Waals surface area contributed by atoms with E-state index in [4.69, 9.17) is 0 Å². The first-order valence-corrected chi connectivity index (χ1v) is 5.82. The van der Waals surface area contributed by atoms with E-state index in [1.54, 1.807) is 4.90 Å². The summed E-state index contributed by atoms with van der Waals surface area (Å²) in [6, 6.07) is 0.297. The van der Waals surface area contributed by atoms with Crippen LogP contribution in [0.25, 0.3) is 0 Å². The molecule has 1 amide bonds. The molecule has 15 heavy (non-hydrogen) atoms. The van der Waals surface area contributed by atoms with E-state index in [9.17, 15) is 4.79 Å². The third kappa shape index (κ3) is 3.67. The van der Waals surface area contributed by atoms with Gasteiger partial charge in [0.1, 0.15) is 0 Å². The number of allylic oxidation sites excluding steroid dienone is 1. The minimum Gasteiger partial charge on any atom is -0.345 e. The molecule has 0 heterocycles. The lowest BCUT2D eigenvalue weighted by Crippen LogP contribution is -2.46. The molecular weight excluding hydrogens is 188 g/mol. The van der Waals surface area contributed by atoms with Crippen molar-refractivity contribution in [2.24, 2.45) is 0 Å². The number of carbonyl (C=O) groups is 1. The monoisotopic (exact) mass is 210 g/mol. The molecule has 0 bridgehead atoms. The Balaban J connectivity index is 2.40. The van der Waals surface area contributed by atoms with Crippen LogP contribution in [0.2, 0.25) is 0 Å². The van der Waals surface area contributed by atoms with Crippen molar-refractivity contribution in [1.82, 2.24) is 10.2 Å². The number of nitrogens with zero attached hydrogens (tertiary/aromatic N) is 1. The Morgan fingerprint density at radius 1 is 1.67 bits per heavy atom. The molecule has 0 saturated heterocycles. The number of rotatable bonds is 4. The Bertz CT molecular complexity index is 238. The maximum absolute atomic E-state index is 11.8. The molecule has 1 aliphatic rings. The zero-order chi connectivity index (χ0) is 11.3. The van der Waals surface area contributed by atoms with Gasteiger partial charge in [-0.05, 0) is 33.1 Å². The molecule has 86 valence electrons. The van der Waals surface area contributed by atoms with Crippen LogP contribution >= 0.6 is 0 Å². The minimum atomic E-state index is -0.0808. The zero-order valence-electron chi connectivity index (χ0n) is 9.99. The molecule has 3 heteroatoms. The molecule has 3 nitrogen and oxygen atoms in total. The number of carbonyl (C=O) groups excluding carboxylic acids is 1. The van der Waals surface area contributed by atoms with Crippen molar-refractivity contribution in [2.45, 2.75) is 45.2 Å². The van der Waals surface area contributed by atoms with Crippen LogP contribution in [-0.2, 0) is 4.79 Å². The number of amides is 1. The molecule has 1 rings (SSSR count). The van der Waals surface area contributed by atoms with Crippen molar-refractivity contribution < 1.29 is 4.79 Å². The highest BCUT2D eigenvalue weighted by Crippen LogP contribution is 2.10. The Morgan fingerprint density at radius 2 is 2.40 bits per heavy atom. The van der Waals surface area contributed by atoms with Crippen LogP contribution in [0.1, 0.15) is 33.1 Å². The van der Waals surface area contributed by atoms with Gasteiger partial charge in [-0.25, -0.2) is 0 Å². The van der Waals surface area contributed by atoms with Crippen LogP contribution in [-0.4, -0.2) is 36.5 Å². The summed E-state index contributed by atoms with van der Waals surface area (Å²) in [5.41, 5.74) is 0. The molecule has 0 radical (unpaired) electrons. The number of likely N-dealkylation sites (N-methyl/N-ethyl adjacent to an activating group) is 1. The van der Waals surface area contributed by atoms with Crippen LogP contribution < -0.4 is 5.32 Å². The van der Waals surface area contributed by atoms with Crippen molar-refractivity contribution >= 4 is 5.91 Å². The first-order valence-electron chi connectivity index (χ1n) is 5.82. The predicted octanol–water partition coefficient (Wildman–Crippen LogP) is 1.55. The lowest BCUT2D eigenvalue weighted by molar-refractivity contribution is -0.131. The normalized spacial score (nSPS) is 22.5. The third-order valence-electron chi connectivity index (χ3n) is 2.94. The topological polar surface area (TPSA) is 32.3 Å². The van der Waals surface area contributed by atoms with Crippen LogP contribution in [0, 0.1) is 0 Å². The Morgan fingerprint density at radius 3 is 2.93 bits per heavy atom. The van der Waals surface area contributed by atoms with E-state index in [0.29, 0.717) is 6.04 Å². The van der Waals surface area contributed by atoms with Gasteiger partial charge in [-0.3, -0.25) is 10.1 Å². The number of nitrogens with one attached hydrogen (secondary N) is 1. The van der Waals surface area contributed by atoms with E-state index in [0.717, 1.165) is 13.0 Å². The van der Waals surface area contributed by atoms with E-state index in [2.05, 4.69) is 17.5 Å². The molecule has 2 atom stereocenters. The van der Waals surface area contributed by atoms with Crippen molar-refractivity contribution in [3.63, 3.8) is 0 Å². The molecule has 0 fully saturated rings. The summed E-state index contributed by atoms with van der Waals surface area (Å²) < 4.78 is 0. The minimum absolute atomic E-state index is 0.0808. The van der Waals surface area contributed by atoms with Crippen molar-refractivity contribution in [1.29, 1.82) is 0 Å². The lowest BCUT2D eigenvalue weighted by Gasteiger charge is -2.25. The van der Waals surface area contributed by atoms with E-state index in [1.807, 2.05) is 20.9 Å². The van der Waals surface area contributed by atoms with Gasteiger partial charge in [-0.1, -0.05) is 12.2 Å². The van der Waals surface area contributed by atoms with Crippen LogP contribution in [0.15, 0.2) is 12.2 Å². The molecule has 0 saturated carbocycles. The standard InChI is InChI=1S/C12H22N2O/c1-4-14(3)12(15)10(2)13-11-8-6-5-7-9-11/h6,8,10-11,13H,4-5,7,9H2,1-3H3. The zero-order valence-corrected chi connectivity index (χ0v) is 9.99. The summed E-state index contributed by atoms with van der Waals surface area (Å²) in [6.07, 6.45) is 7.92. The largest absolute Gasteiger partial charge is 0.345 e. The smallest absolute Gasteiger partial charge is 0.239 e. The van der Waals surface area contributed by atoms with Crippen LogP contribution in [0.5, 0.6) is 0 Å². The van der Waals surface area contributed by atoms with E-state index in [-0.39, 0.29) is 11.9 Å². The SMILES string of the molecule is CCN(C)C(=O)C(C)NC1C=CCCC1. The van der Waals surface area contributed by atoms with Gasteiger partial charge in [0.05, 0.1) is 6.04 Å². The first kappa shape index (κ1) is 12.2. The van der Waals surface area contributed by atoms with Gasteiger partial charge in [0.2, 0.25) is 5.91 Å². The van der Waals surface area contributed by atoms with Crippen molar-refractivity contribution in [3.05, 3.63) is 12.2 Å². The first-order chi connectivity index (χ1) is 7.15. The molecule has 0 spiro atoms. The van der Waals surface area contributed by atoms with E-state index >= 15 is 0 Å². The summed E-state index contributed by atoms with van der Waals surface area (Å²) in [6.45, 7) is 4.70. The van der Waals surface area contributed by atoms with Gasteiger partial charge in [0.25, 0.3) is 0 Å². The van der Waals surface area contributed by atoms with Gasteiger partial charge in [0.15, 0.2) is 0 Å². The highest BCUT2D eigenvalue weighted by molar-refractivity contribution is 5.81. The summed E-state index contributed by atoms with van der Waals surface area (Å²) in [4.78, 5) is 13.5. The van der Waals surface area contributed by atoms with Crippen LogP contribution in [0.3, 0.4) is 0 Å². The quantitative estimate of drug-likeness (QED) is 0.714. The number of hydrogen-bond acceptors (Lipinski definition) is 2. The molecule has 0 aromatic rings. The molecule has 0 aromatic heterocycles. The third-order valence-corrected chi connectivity index (χ3v) is 2.94. The average molecular weight is 210 g/mol. The fourth-order valence-corrected chi connectivity index (χ4v) is 1.83. The maximum atomic E-state index is 11.8. The summed E-state index contributed by atoms with van der Waals surface area (Å²) >= 11 is 0. The molecule has 0 aromatic carbocycles. The summed E-state index contributed by atoms with van der Waals surface area (Å²) in [7, 11) is 1.84. The van der Waals surface area contributed by atoms with Gasteiger partial charge in [0, 0.05) is 19.6 Å². The van der Waals surface area contributed by atoms with Gasteiger partial charge in [-0.2, -0.15) is 0 Å². The maximum Gasteiger partial charge on any atom is 0.239 e. The molecule has 2 unspecified atom stereocenters. The second kappa shape index (κ2) is 5.91.